The SMILES string of the molecule is Cc1nn(-c2ccc(F)cc2)c(C)c1S(=O)(=O)Nc1ccc(F)c(Cl)c1. The molecule has 0 saturated carbocycles. The Kier molecular flexibility index (Phi) is 4.72. The minimum atomic E-state index is -3.99. The maximum absolute atomic E-state index is 13.3. The zero-order chi connectivity index (χ0) is 19.1. The monoisotopic (exact) mass is 397 g/mol. The molecule has 1 heterocycles. The first kappa shape index (κ1) is 18.3. The average molecular weight is 398 g/mol. The lowest BCUT2D eigenvalue weighted by atomic mass is 10.3. The zero-order valence-electron chi connectivity index (χ0n) is 13.8. The molecule has 0 unspecified atom stereocenters. The van der Waals surface area contributed by atoms with Gasteiger partial charge in [0.25, 0.3) is 10.0 Å². The minimum Gasteiger partial charge on any atom is -0.279 e. The summed E-state index contributed by atoms with van der Waals surface area (Å²) in [6, 6.07) is 9.05. The van der Waals surface area contributed by atoms with Gasteiger partial charge in [0.1, 0.15) is 16.5 Å². The summed E-state index contributed by atoms with van der Waals surface area (Å²) in [5, 5.41) is 4.04. The molecule has 0 aliphatic rings. The third-order valence-corrected chi connectivity index (χ3v) is 5.66. The van der Waals surface area contributed by atoms with Gasteiger partial charge < -0.3 is 0 Å². The van der Waals surface area contributed by atoms with Gasteiger partial charge in [-0.15, -0.1) is 0 Å². The van der Waals surface area contributed by atoms with E-state index >= 15 is 0 Å². The van der Waals surface area contributed by atoms with E-state index in [1.165, 1.54) is 41.1 Å². The van der Waals surface area contributed by atoms with E-state index in [4.69, 9.17) is 11.6 Å². The van der Waals surface area contributed by atoms with Crippen molar-refractivity contribution in [2.24, 2.45) is 0 Å². The number of aromatic nitrogens is 2. The van der Waals surface area contributed by atoms with Crippen LogP contribution in [0.15, 0.2) is 47.4 Å². The van der Waals surface area contributed by atoms with E-state index < -0.39 is 21.7 Å². The van der Waals surface area contributed by atoms with E-state index in [0.29, 0.717) is 11.4 Å². The van der Waals surface area contributed by atoms with E-state index in [2.05, 4.69) is 9.82 Å². The van der Waals surface area contributed by atoms with Gasteiger partial charge in [0.2, 0.25) is 0 Å². The van der Waals surface area contributed by atoms with E-state index in [1.54, 1.807) is 13.8 Å². The van der Waals surface area contributed by atoms with Crippen molar-refractivity contribution in [3.05, 3.63) is 70.5 Å². The van der Waals surface area contributed by atoms with Crippen molar-refractivity contribution in [1.29, 1.82) is 0 Å². The quantitative estimate of drug-likeness (QED) is 0.716. The van der Waals surface area contributed by atoms with Crippen molar-refractivity contribution < 1.29 is 17.2 Å². The van der Waals surface area contributed by atoms with Gasteiger partial charge in [0.15, 0.2) is 0 Å². The van der Waals surface area contributed by atoms with Crippen molar-refractivity contribution in [2.45, 2.75) is 18.7 Å². The van der Waals surface area contributed by atoms with Crippen LogP contribution in [0.5, 0.6) is 0 Å². The number of nitrogens with one attached hydrogen (secondary N) is 1. The number of rotatable bonds is 4. The van der Waals surface area contributed by atoms with Crippen LogP contribution in [0.25, 0.3) is 5.69 Å². The fraction of sp³-hybridized carbons (Fsp3) is 0.118. The Morgan fingerprint density at radius 1 is 1.08 bits per heavy atom. The second kappa shape index (κ2) is 6.69. The van der Waals surface area contributed by atoms with Crippen molar-refractivity contribution in [2.75, 3.05) is 4.72 Å². The molecule has 0 spiro atoms. The first-order valence-electron chi connectivity index (χ1n) is 7.49. The van der Waals surface area contributed by atoms with Gasteiger partial charge in [-0.2, -0.15) is 5.10 Å². The van der Waals surface area contributed by atoms with Gasteiger partial charge in [-0.25, -0.2) is 21.9 Å². The van der Waals surface area contributed by atoms with Gasteiger partial charge in [-0.1, -0.05) is 11.6 Å². The number of aryl methyl sites for hydroxylation is 1. The maximum atomic E-state index is 13.3. The van der Waals surface area contributed by atoms with Gasteiger partial charge in [-0.05, 0) is 56.3 Å². The average Bonchev–Trinajstić information content (AvgIpc) is 2.87. The summed E-state index contributed by atoms with van der Waals surface area (Å²) in [4.78, 5) is -0.0118. The van der Waals surface area contributed by atoms with E-state index in [0.717, 1.165) is 6.07 Å². The lowest BCUT2D eigenvalue weighted by molar-refractivity contribution is 0.599. The number of nitrogens with zero attached hydrogens (tertiary/aromatic N) is 2. The number of anilines is 1. The van der Waals surface area contributed by atoms with Gasteiger partial charge in [0, 0.05) is 0 Å². The normalized spacial score (nSPS) is 11.6. The fourth-order valence-corrected chi connectivity index (χ4v) is 4.24. The Bertz CT molecular complexity index is 1080. The molecule has 136 valence electrons. The molecule has 1 aromatic heterocycles. The Morgan fingerprint density at radius 2 is 1.73 bits per heavy atom. The summed E-state index contributed by atoms with van der Waals surface area (Å²) < 4.78 is 55.7. The van der Waals surface area contributed by atoms with Crippen LogP contribution in [-0.2, 0) is 10.0 Å². The van der Waals surface area contributed by atoms with Crippen LogP contribution in [-0.4, -0.2) is 18.2 Å². The van der Waals surface area contributed by atoms with Crippen LogP contribution in [0.1, 0.15) is 11.4 Å². The largest absolute Gasteiger partial charge is 0.279 e. The van der Waals surface area contributed by atoms with Gasteiger partial charge in [0.05, 0.1) is 27.8 Å². The molecule has 0 fully saturated rings. The van der Waals surface area contributed by atoms with Crippen LogP contribution in [0.2, 0.25) is 5.02 Å². The predicted molar refractivity (Wildman–Crippen MR) is 95.2 cm³/mol. The highest BCUT2D eigenvalue weighted by molar-refractivity contribution is 7.92. The van der Waals surface area contributed by atoms with Crippen molar-refractivity contribution in [3.8, 4) is 5.69 Å². The summed E-state index contributed by atoms with van der Waals surface area (Å²) in [5.41, 5.74) is 1.28. The molecule has 0 radical (unpaired) electrons. The summed E-state index contributed by atoms with van der Waals surface area (Å²) in [7, 11) is -3.99. The molecule has 0 amide bonds. The minimum absolute atomic E-state index is 0.0118. The first-order chi connectivity index (χ1) is 12.2. The van der Waals surface area contributed by atoms with Crippen LogP contribution < -0.4 is 4.72 Å². The van der Waals surface area contributed by atoms with E-state index in [-0.39, 0.29) is 21.3 Å². The summed E-state index contributed by atoms with van der Waals surface area (Å²) >= 11 is 5.69. The van der Waals surface area contributed by atoms with Crippen LogP contribution in [0.3, 0.4) is 0 Å². The molecule has 0 aliphatic carbocycles. The summed E-state index contributed by atoms with van der Waals surface area (Å²) in [6.07, 6.45) is 0. The maximum Gasteiger partial charge on any atom is 0.265 e. The molecule has 0 bridgehead atoms. The smallest absolute Gasteiger partial charge is 0.265 e. The van der Waals surface area contributed by atoms with Crippen molar-refractivity contribution >= 4 is 27.3 Å². The van der Waals surface area contributed by atoms with Crippen LogP contribution >= 0.6 is 11.6 Å². The molecule has 0 saturated heterocycles. The molecule has 26 heavy (non-hydrogen) atoms. The lowest BCUT2D eigenvalue weighted by Crippen LogP contribution is -2.15. The predicted octanol–water partition coefficient (Wildman–Crippen LogP) is 4.22. The Labute approximate surface area is 154 Å². The first-order valence-corrected chi connectivity index (χ1v) is 9.35. The molecule has 2 aromatic carbocycles. The Hall–Kier alpha value is -2.45. The third-order valence-electron chi connectivity index (χ3n) is 3.74. The van der Waals surface area contributed by atoms with E-state index in [9.17, 15) is 17.2 Å². The molecule has 3 rings (SSSR count). The second-order valence-electron chi connectivity index (χ2n) is 5.62. The summed E-state index contributed by atoms with van der Waals surface area (Å²) in [5.74, 6) is -1.05. The fourth-order valence-electron chi connectivity index (χ4n) is 2.62. The Morgan fingerprint density at radius 3 is 2.35 bits per heavy atom. The number of sulfonamides is 1. The van der Waals surface area contributed by atoms with Crippen LogP contribution in [0.4, 0.5) is 14.5 Å². The number of halogens is 3. The molecule has 5 nitrogen and oxygen atoms in total. The van der Waals surface area contributed by atoms with Gasteiger partial charge in [-0.3, -0.25) is 4.72 Å². The number of hydrogen-bond donors (Lipinski definition) is 1. The highest BCUT2D eigenvalue weighted by atomic mass is 35.5. The molecular formula is C17H14ClF2N3O2S. The third kappa shape index (κ3) is 3.42. The van der Waals surface area contributed by atoms with Crippen molar-refractivity contribution in [1.82, 2.24) is 9.78 Å². The standard InChI is InChI=1S/C17H14ClF2N3O2S/c1-10-17(11(2)23(21-10)14-6-3-12(19)4-7-14)26(24,25)22-13-5-8-16(20)15(18)9-13/h3-9,22H,1-2H3. The molecule has 0 atom stereocenters. The van der Waals surface area contributed by atoms with E-state index in [1.807, 2.05) is 0 Å². The highest BCUT2D eigenvalue weighted by Crippen LogP contribution is 2.26. The van der Waals surface area contributed by atoms with Gasteiger partial charge >= 0.3 is 0 Å². The van der Waals surface area contributed by atoms with Crippen LogP contribution in [0, 0.1) is 25.5 Å². The summed E-state index contributed by atoms with van der Waals surface area (Å²) in [6.45, 7) is 3.15. The topological polar surface area (TPSA) is 64.0 Å². The van der Waals surface area contributed by atoms with Crippen molar-refractivity contribution in [3.63, 3.8) is 0 Å². The molecule has 0 aliphatic heterocycles. The lowest BCUT2D eigenvalue weighted by Gasteiger charge is -2.09. The zero-order valence-corrected chi connectivity index (χ0v) is 15.4. The Balaban J connectivity index is 2.02. The molecule has 9 heteroatoms. The molecular weight excluding hydrogens is 384 g/mol. The number of benzene rings is 2. The molecule has 1 N–H and O–H groups in total. The molecule has 3 aromatic rings. The number of hydrogen-bond acceptors (Lipinski definition) is 3. The highest BCUT2D eigenvalue weighted by Gasteiger charge is 2.25. The second-order valence-corrected chi connectivity index (χ2v) is 7.65.